The quantitative estimate of drug-likeness (QED) is 0.0882. The summed E-state index contributed by atoms with van der Waals surface area (Å²) in [5.74, 6) is 0. The van der Waals surface area contributed by atoms with Crippen molar-refractivity contribution in [2.24, 2.45) is 0 Å². The van der Waals surface area contributed by atoms with Crippen LogP contribution in [0.25, 0.3) is 0 Å². The lowest BCUT2D eigenvalue weighted by Gasteiger charge is -2.10. The molecule has 0 rings (SSSR count). The van der Waals surface area contributed by atoms with E-state index in [4.69, 9.17) is 4.18 Å². The highest BCUT2D eigenvalue weighted by atomic mass is 32.2. The van der Waals surface area contributed by atoms with Crippen molar-refractivity contribution in [3.63, 3.8) is 0 Å². The Kier molecular flexibility index (Phi) is 29.0. The van der Waals surface area contributed by atoms with Gasteiger partial charge in [0.1, 0.15) is 0 Å². The standard InChI is InChI=1S/C28H57FO3S.H3N/c1-3-5-7-9-11-13-14-15-16-17-19-21-23-25-27-32-33(30,31)28(29)26-24-22-20-18-12-10-8-6-4-2;/h28H,3-27H2,1-2H3;1H3. The van der Waals surface area contributed by atoms with Crippen molar-refractivity contribution in [3.05, 3.63) is 0 Å². The van der Waals surface area contributed by atoms with Gasteiger partial charge in [-0.15, -0.1) is 0 Å². The lowest BCUT2D eigenvalue weighted by atomic mass is 10.0. The van der Waals surface area contributed by atoms with E-state index in [0.29, 0.717) is 12.8 Å². The summed E-state index contributed by atoms with van der Waals surface area (Å²) in [5.41, 5.74) is -1.87. The van der Waals surface area contributed by atoms with Crippen LogP contribution < -0.4 is 6.15 Å². The summed E-state index contributed by atoms with van der Waals surface area (Å²) in [6.07, 6.45) is 27.7. The fourth-order valence-electron chi connectivity index (χ4n) is 4.31. The molecule has 1 unspecified atom stereocenters. The Morgan fingerprint density at radius 2 is 0.824 bits per heavy atom. The van der Waals surface area contributed by atoms with Crippen LogP contribution in [0, 0.1) is 0 Å². The maximum atomic E-state index is 14.1. The van der Waals surface area contributed by atoms with Gasteiger partial charge in [0.15, 0.2) is 0 Å². The maximum absolute atomic E-state index is 14.1. The largest absolute Gasteiger partial charge is 0.344 e. The molecule has 34 heavy (non-hydrogen) atoms. The Morgan fingerprint density at radius 1 is 0.529 bits per heavy atom. The highest BCUT2D eigenvalue weighted by Crippen LogP contribution is 2.18. The molecular weight excluding hydrogens is 449 g/mol. The van der Waals surface area contributed by atoms with Crippen molar-refractivity contribution in [3.8, 4) is 0 Å². The zero-order valence-corrected chi connectivity index (χ0v) is 23.8. The first-order valence-electron chi connectivity index (χ1n) is 14.6. The van der Waals surface area contributed by atoms with Crippen LogP contribution in [0.1, 0.15) is 168 Å². The SMILES string of the molecule is CCCCCCCCCCCCCCCCOS(=O)(=O)C(F)CCCCCCCCCCC.N. The van der Waals surface area contributed by atoms with Crippen LogP contribution in [0.4, 0.5) is 4.39 Å². The lowest BCUT2D eigenvalue weighted by molar-refractivity contribution is 0.270. The molecule has 0 aliphatic heterocycles. The molecular formula is C28H60FNO3S. The van der Waals surface area contributed by atoms with Crippen molar-refractivity contribution < 1.29 is 17.0 Å². The molecule has 0 fully saturated rings. The van der Waals surface area contributed by atoms with Crippen molar-refractivity contribution in [2.45, 2.75) is 173 Å². The van der Waals surface area contributed by atoms with Gasteiger partial charge in [-0.2, -0.15) is 8.42 Å². The number of alkyl halides is 1. The van der Waals surface area contributed by atoms with Crippen LogP contribution in [0.15, 0.2) is 0 Å². The lowest BCUT2D eigenvalue weighted by Crippen LogP contribution is -2.19. The maximum Gasteiger partial charge on any atom is 0.299 e. The molecule has 0 saturated carbocycles. The number of rotatable bonds is 27. The second-order valence-corrected chi connectivity index (χ2v) is 11.7. The summed E-state index contributed by atoms with van der Waals surface area (Å²) in [4.78, 5) is 0. The Bertz CT molecular complexity index is 488. The number of halogens is 1. The van der Waals surface area contributed by atoms with E-state index in [1.54, 1.807) is 0 Å². The molecule has 0 spiro atoms. The van der Waals surface area contributed by atoms with Gasteiger partial charge in [-0.05, 0) is 19.3 Å². The molecule has 6 heteroatoms. The van der Waals surface area contributed by atoms with Gasteiger partial charge >= 0.3 is 0 Å². The van der Waals surface area contributed by atoms with Gasteiger partial charge in [0.05, 0.1) is 6.61 Å². The van der Waals surface area contributed by atoms with Crippen molar-refractivity contribution >= 4 is 10.1 Å². The second kappa shape index (κ2) is 27.4. The Morgan fingerprint density at radius 3 is 1.18 bits per heavy atom. The fourth-order valence-corrected chi connectivity index (χ4v) is 5.26. The summed E-state index contributed by atoms with van der Waals surface area (Å²) in [6, 6.07) is 0. The van der Waals surface area contributed by atoms with Crippen LogP contribution in [-0.4, -0.2) is 20.5 Å². The number of hydrogen-bond donors (Lipinski definition) is 1. The molecule has 0 aliphatic rings. The van der Waals surface area contributed by atoms with Crippen molar-refractivity contribution in [2.75, 3.05) is 6.61 Å². The predicted molar refractivity (Wildman–Crippen MR) is 147 cm³/mol. The summed E-state index contributed by atoms with van der Waals surface area (Å²) in [6.45, 7) is 4.60. The molecule has 1 atom stereocenters. The van der Waals surface area contributed by atoms with Crippen LogP contribution >= 0.6 is 0 Å². The van der Waals surface area contributed by atoms with Gasteiger partial charge < -0.3 is 6.15 Å². The first-order chi connectivity index (χ1) is 16.0. The van der Waals surface area contributed by atoms with Gasteiger partial charge in [0.25, 0.3) is 10.1 Å². The van der Waals surface area contributed by atoms with E-state index in [-0.39, 0.29) is 19.2 Å². The molecule has 0 aromatic rings. The van der Waals surface area contributed by atoms with Gasteiger partial charge in [-0.25, -0.2) is 4.39 Å². The van der Waals surface area contributed by atoms with Crippen LogP contribution in [0.5, 0.6) is 0 Å². The predicted octanol–water partition coefficient (Wildman–Crippen LogP) is 10.2. The molecule has 0 aliphatic carbocycles. The molecule has 0 radical (unpaired) electrons. The van der Waals surface area contributed by atoms with Gasteiger partial charge in [0.2, 0.25) is 5.50 Å². The fraction of sp³-hybridized carbons (Fsp3) is 1.00. The van der Waals surface area contributed by atoms with Crippen LogP contribution in [-0.2, 0) is 14.3 Å². The summed E-state index contributed by atoms with van der Waals surface area (Å²) >= 11 is 0. The molecule has 0 amide bonds. The second-order valence-electron chi connectivity index (χ2n) is 9.94. The Labute approximate surface area is 213 Å². The third kappa shape index (κ3) is 24.9. The van der Waals surface area contributed by atoms with E-state index < -0.39 is 15.6 Å². The first-order valence-corrected chi connectivity index (χ1v) is 16.0. The zero-order chi connectivity index (χ0) is 24.5. The highest BCUT2D eigenvalue weighted by molar-refractivity contribution is 7.87. The molecule has 0 heterocycles. The van der Waals surface area contributed by atoms with E-state index in [9.17, 15) is 12.8 Å². The van der Waals surface area contributed by atoms with E-state index in [2.05, 4.69) is 13.8 Å². The van der Waals surface area contributed by atoms with Crippen LogP contribution in [0.3, 0.4) is 0 Å². The molecule has 0 aromatic carbocycles. The smallest absolute Gasteiger partial charge is 0.299 e. The third-order valence-electron chi connectivity index (χ3n) is 6.59. The number of unbranched alkanes of at least 4 members (excludes halogenated alkanes) is 21. The monoisotopic (exact) mass is 509 g/mol. The van der Waals surface area contributed by atoms with Crippen molar-refractivity contribution in [1.82, 2.24) is 6.15 Å². The molecule has 0 aromatic heterocycles. The topological polar surface area (TPSA) is 78.4 Å². The Hall–Kier alpha value is -0.200. The van der Waals surface area contributed by atoms with E-state index in [1.165, 1.54) is 109 Å². The zero-order valence-electron chi connectivity index (χ0n) is 23.0. The molecule has 3 N–H and O–H groups in total. The minimum atomic E-state index is -4.05. The van der Waals surface area contributed by atoms with Crippen molar-refractivity contribution in [1.29, 1.82) is 0 Å². The molecule has 0 saturated heterocycles. The third-order valence-corrected chi connectivity index (χ3v) is 7.95. The Balaban J connectivity index is 0. The molecule has 0 bridgehead atoms. The normalized spacial score (nSPS) is 12.6. The average Bonchev–Trinajstić information content (AvgIpc) is 2.80. The summed E-state index contributed by atoms with van der Waals surface area (Å²) in [7, 11) is -4.05. The first kappa shape index (κ1) is 36.0. The van der Waals surface area contributed by atoms with Gasteiger partial charge in [0, 0.05) is 0 Å². The van der Waals surface area contributed by atoms with E-state index in [1.807, 2.05) is 0 Å². The highest BCUT2D eigenvalue weighted by Gasteiger charge is 2.25. The van der Waals surface area contributed by atoms with Gasteiger partial charge in [-0.1, -0.05) is 149 Å². The summed E-state index contributed by atoms with van der Waals surface area (Å²) in [5, 5.41) is 0. The van der Waals surface area contributed by atoms with Crippen LogP contribution in [0.2, 0.25) is 0 Å². The minimum absolute atomic E-state index is 0. The average molecular weight is 510 g/mol. The molecule has 4 nitrogen and oxygen atoms in total. The summed E-state index contributed by atoms with van der Waals surface area (Å²) < 4.78 is 42.9. The molecule has 208 valence electrons. The number of hydrogen-bond acceptors (Lipinski definition) is 4. The van der Waals surface area contributed by atoms with Gasteiger partial charge in [-0.3, -0.25) is 4.18 Å². The minimum Gasteiger partial charge on any atom is -0.344 e. The van der Waals surface area contributed by atoms with E-state index >= 15 is 0 Å². The van der Waals surface area contributed by atoms with E-state index in [0.717, 1.165) is 25.7 Å².